The van der Waals surface area contributed by atoms with Gasteiger partial charge in [-0.25, -0.2) is 9.97 Å². The maximum Gasteiger partial charge on any atom is 0.305 e. The van der Waals surface area contributed by atoms with Gasteiger partial charge in [0.25, 0.3) is 5.69 Å². The molecule has 0 bridgehead atoms. The second-order valence-electron chi connectivity index (χ2n) is 5.06. The van der Waals surface area contributed by atoms with Crippen molar-refractivity contribution < 1.29 is 14.8 Å². The number of aromatic nitrogens is 2. The molecule has 0 fully saturated rings. The Kier molecular flexibility index (Phi) is 4.85. The molecule has 0 unspecified atom stereocenters. The van der Waals surface area contributed by atoms with Crippen molar-refractivity contribution in [3.8, 4) is 11.4 Å². The summed E-state index contributed by atoms with van der Waals surface area (Å²) < 4.78 is 0. The summed E-state index contributed by atoms with van der Waals surface area (Å²) in [4.78, 5) is 31.4. The van der Waals surface area contributed by atoms with Gasteiger partial charge in [0.2, 0.25) is 0 Å². The lowest BCUT2D eigenvalue weighted by molar-refractivity contribution is -0.384. The van der Waals surface area contributed by atoms with E-state index in [1.54, 1.807) is 30.1 Å². The van der Waals surface area contributed by atoms with Crippen LogP contribution in [0.25, 0.3) is 11.4 Å². The van der Waals surface area contributed by atoms with Crippen LogP contribution in [0.2, 0.25) is 0 Å². The number of benzene rings is 1. The van der Waals surface area contributed by atoms with Crippen molar-refractivity contribution in [2.75, 3.05) is 18.5 Å². The van der Waals surface area contributed by atoms with Crippen LogP contribution in [0.4, 0.5) is 11.5 Å². The van der Waals surface area contributed by atoms with Gasteiger partial charge in [-0.2, -0.15) is 0 Å². The summed E-state index contributed by atoms with van der Waals surface area (Å²) in [5, 5.41) is 19.4. The summed E-state index contributed by atoms with van der Waals surface area (Å²) in [5.74, 6) is 0.169. The number of aliphatic carboxylic acids is 1. The molecule has 1 N–H and O–H groups in total. The molecule has 23 heavy (non-hydrogen) atoms. The minimum absolute atomic E-state index is 0.000188. The lowest BCUT2D eigenvalue weighted by atomic mass is 10.2. The Morgan fingerprint density at radius 3 is 2.52 bits per heavy atom. The maximum absolute atomic E-state index is 10.7. The molecule has 8 nitrogen and oxygen atoms in total. The van der Waals surface area contributed by atoms with Crippen molar-refractivity contribution in [3.05, 3.63) is 46.1 Å². The zero-order valence-electron chi connectivity index (χ0n) is 12.8. The van der Waals surface area contributed by atoms with Gasteiger partial charge < -0.3 is 10.0 Å². The van der Waals surface area contributed by atoms with E-state index in [9.17, 15) is 14.9 Å². The average Bonchev–Trinajstić information content (AvgIpc) is 2.52. The van der Waals surface area contributed by atoms with Crippen LogP contribution < -0.4 is 4.90 Å². The zero-order valence-corrected chi connectivity index (χ0v) is 12.8. The van der Waals surface area contributed by atoms with E-state index in [0.717, 1.165) is 5.69 Å². The van der Waals surface area contributed by atoms with E-state index in [0.29, 0.717) is 23.8 Å². The lowest BCUT2D eigenvalue weighted by Crippen LogP contribution is -2.22. The number of hydrogen-bond donors (Lipinski definition) is 1. The highest BCUT2D eigenvalue weighted by molar-refractivity contribution is 5.67. The van der Waals surface area contributed by atoms with Crippen molar-refractivity contribution >= 4 is 17.5 Å². The summed E-state index contributed by atoms with van der Waals surface area (Å²) in [6.07, 6.45) is 0.00636. The summed E-state index contributed by atoms with van der Waals surface area (Å²) in [6.45, 7) is 2.14. The van der Waals surface area contributed by atoms with E-state index in [1.807, 2.05) is 6.92 Å². The molecular weight excluding hydrogens is 300 g/mol. The van der Waals surface area contributed by atoms with Gasteiger partial charge in [-0.3, -0.25) is 14.9 Å². The van der Waals surface area contributed by atoms with Crippen molar-refractivity contribution in [2.45, 2.75) is 13.3 Å². The monoisotopic (exact) mass is 316 g/mol. The van der Waals surface area contributed by atoms with E-state index >= 15 is 0 Å². The third-order valence-electron chi connectivity index (χ3n) is 3.23. The van der Waals surface area contributed by atoms with Gasteiger partial charge in [0.15, 0.2) is 5.82 Å². The molecule has 1 aromatic heterocycles. The summed E-state index contributed by atoms with van der Waals surface area (Å²) >= 11 is 0. The average molecular weight is 316 g/mol. The highest BCUT2D eigenvalue weighted by atomic mass is 16.6. The molecule has 0 aliphatic carbocycles. The number of nitrogens with zero attached hydrogens (tertiary/aromatic N) is 4. The van der Waals surface area contributed by atoms with Gasteiger partial charge in [0.05, 0.1) is 11.3 Å². The van der Waals surface area contributed by atoms with Crippen LogP contribution in [0.15, 0.2) is 30.3 Å². The number of aryl methyl sites for hydroxylation is 1. The molecule has 0 aliphatic rings. The molecule has 120 valence electrons. The van der Waals surface area contributed by atoms with Crippen LogP contribution in [0.3, 0.4) is 0 Å². The Hall–Kier alpha value is -3.03. The van der Waals surface area contributed by atoms with Crippen LogP contribution in [0, 0.1) is 17.0 Å². The first kappa shape index (κ1) is 16.3. The molecular formula is C15H16N4O4. The Morgan fingerprint density at radius 2 is 1.96 bits per heavy atom. The Balaban J connectivity index is 2.29. The number of anilines is 1. The van der Waals surface area contributed by atoms with Crippen LogP contribution in [-0.4, -0.2) is 39.6 Å². The third kappa shape index (κ3) is 4.22. The summed E-state index contributed by atoms with van der Waals surface area (Å²) in [7, 11) is 1.75. The number of rotatable bonds is 6. The number of non-ortho nitro benzene ring substituents is 1. The van der Waals surface area contributed by atoms with Crippen molar-refractivity contribution in [3.63, 3.8) is 0 Å². The van der Waals surface area contributed by atoms with Gasteiger partial charge in [0, 0.05) is 43.0 Å². The first-order chi connectivity index (χ1) is 10.9. The SMILES string of the molecule is Cc1cc(N(C)CCC(=O)O)nc(-c2ccc([N+](=O)[O-])cc2)n1. The smallest absolute Gasteiger partial charge is 0.305 e. The number of carboxylic acid groups (broad SMARTS) is 1. The predicted molar refractivity (Wildman–Crippen MR) is 84.4 cm³/mol. The lowest BCUT2D eigenvalue weighted by Gasteiger charge is -2.18. The molecule has 0 saturated carbocycles. The Labute approximate surface area is 132 Å². The first-order valence-corrected chi connectivity index (χ1v) is 6.90. The molecule has 8 heteroatoms. The highest BCUT2D eigenvalue weighted by Gasteiger charge is 2.11. The maximum atomic E-state index is 10.7. The molecule has 0 spiro atoms. The van der Waals surface area contributed by atoms with Crippen molar-refractivity contribution in [1.29, 1.82) is 0 Å². The molecule has 1 heterocycles. The van der Waals surface area contributed by atoms with Gasteiger partial charge in [-0.05, 0) is 19.1 Å². The largest absolute Gasteiger partial charge is 0.481 e. The number of carboxylic acids is 1. The van der Waals surface area contributed by atoms with E-state index in [1.165, 1.54) is 12.1 Å². The zero-order chi connectivity index (χ0) is 17.0. The van der Waals surface area contributed by atoms with E-state index in [4.69, 9.17) is 5.11 Å². The molecule has 0 amide bonds. The minimum atomic E-state index is -0.877. The van der Waals surface area contributed by atoms with Crippen molar-refractivity contribution in [1.82, 2.24) is 9.97 Å². The molecule has 0 radical (unpaired) electrons. The van der Waals surface area contributed by atoms with Gasteiger partial charge in [-0.15, -0.1) is 0 Å². The third-order valence-corrected chi connectivity index (χ3v) is 3.23. The van der Waals surface area contributed by atoms with Crippen molar-refractivity contribution in [2.24, 2.45) is 0 Å². The second kappa shape index (κ2) is 6.82. The molecule has 2 aromatic rings. The number of hydrogen-bond acceptors (Lipinski definition) is 6. The highest BCUT2D eigenvalue weighted by Crippen LogP contribution is 2.22. The van der Waals surface area contributed by atoms with Crippen LogP contribution in [0.1, 0.15) is 12.1 Å². The van der Waals surface area contributed by atoms with E-state index in [2.05, 4.69) is 9.97 Å². The number of nitro groups is 1. The summed E-state index contributed by atoms with van der Waals surface area (Å²) in [6, 6.07) is 7.74. The van der Waals surface area contributed by atoms with Crippen LogP contribution in [0.5, 0.6) is 0 Å². The fourth-order valence-electron chi connectivity index (χ4n) is 1.99. The quantitative estimate of drug-likeness (QED) is 0.643. The van der Waals surface area contributed by atoms with Gasteiger partial charge in [-0.1, -0.05) is 0 Å². The molecule has 0 atom stereocenters. The standard InChI is InChI=1S/C15H16N4O4/c1-10-9-13(18(2)8-7-14(20)21)17-15(16-10)11-3-5-12(6-4-11)19(22)23/h3-6,9H,7-8H2,1-2H3,(H,20,21). The second-order valence-corrected chi connectivity index (χ2v) is 5.06. The van der Waals surface area contributed by atoms with Gasteiger partial charge in [0.1, 0.15) is 5.82 Å². The minimum Gasteiger partial charge on any atom is -0.481 e. The van der Waals surface area contributed by atoms with E-state index < -0.39 is 10.9 Å². The van der Waals surface area contributed by atoms with Crippen LogP contribution >= 0.6 is 0 Å². The molecule has 1 aromatic carbocycles. The fourth-order valence-corrected chi connectivity index (χ4v) is 1.99. The van der Waals surface area contributed by atoms with Gasteiger partial charge >= 0.3 is 5.97 Å². The number of nitro benzene ring substituents is 1. The predicted octanol–water partition coefficient (Wildman–Crippen LogP) is 2.27. The molecule has 0 aliphatic heterocycles. The molecule has 2 rings (SSSR count). The summed E-state index contributed by atoms with van der Waals surface area (Å²) in [5.41, 5.74) is 1.39. The fraction of sp³-hybridized carbons (Fsp3) is 0.267. The van der Waals surface area contributed by atoms with E-state index in [-0.39, 0.29) is 12.1 Å². The topological polar surface area (TPSA) is 109 Å². The first-order valence-electron chi connectivity index (χ1n) is 6.90. The molecule has 0 saturated heterocycles. The Morgan fingerprint density at radius 1 is 1.30 bits per heavy atom. The number of carbonyl (C=O) groups is 1. The normalized spacial score (nSPS) is 10.3. The Bertz CT molecular complexity index is 731. The van der Waals surface area contributed by atoms with Crippen LogP contribution in [-0.2, 0) is 4.79 Å².